The molecule has 1 aromatic heterocycles. The maximum atomic E-state index is 13.1. The van der Waals surface area contributed by atoms with Gasteiger partial charge in [0.2, 0.25) is 0 Å². The van der Waals surface area contributed by atoms with E-state index in [1.54, 1.807) is 6.20 Å². The summed E-state index contributed by atoms with van der Waals surface area (Å²) in [6.45, 7) is 6.04. The van der Waals surface area contributed by atoms with Crippen LogP contribution < -0.4 is 5.32 Å². The largest absolute Gasteiger partial charge is 0.338 e. The summed E-state index contributed by atoms with van der Waals surface area (Å²) in [6, 6.07) is 10.0. The van der Waals surface area contributed by atoms with Gasteiger partial charge in [-0.15, -0.1) is 12.4 Å². The highest BCUT2D eigenvalue weighted by Crippen LogP contribution is 2.37. The van der Waals surface area contributed by atoms with Crippen molar-refractivity contribution in [1.82, 2.24) is 20.0 Å². The predicted octanol–water partition coefficient (Wildman–Crippen LogP) is 3.07. The molecule has 4 rings (SSSR count). The molecule has 0 bridgehead atoms. The van der Waals surface area contributed by atoms with E-state index < -0.39 is 0 Å². The molecule has 5 nitrogen and oxygen atoms in total. The molecular formula is C20H27ClN4O. The topological polar surface area (TPSA) is 50.2 Å². The highest BCUT2D eigenvalue weighted by Gasteiger charge is 2.38. The molecule has 2 saturated heterocycles. The first-order valence-corrected chi connectivity index (χ1v) is 9.35. The Labute approximate surface area is 161 Å². The fourth-order valence-corrected chi connectivity index (χ4v) is 4.26. The average molecular weight is 375 g/mol. The van der Waals surface area contributed by atoms with Crippen LogP contribution in [-0.2, 0) is 6.42 Å². The maximum Gasteiger partial charge on any atom is 0.257 e. The summed E-state index contributed by atoms with van der Waals surface area (Å²) >= 11 is 0. The molecule has 0 atom stereocenters. The van der Waals surface area contributed by atoms with Crippen molar-refractivity contribution in [3.63, 3.8) is 0 Å². The van der Waals surface area contributed by atoms with Gasteiger partial charge in [0.25, 0.3) is 5.91 Å². The first kappa shape index (κ1) is 18.9. The van der Waals surface area contributed by atoms with Crippen LogP contribution in [0.1, 0.15) is 42.2 Å². The molecule has 140 valence electrons. The van der Waals surface area contributed by atoms with Gasteiger partial charge in [0.15, 0.2) is 0 Å². The van der Waals surface area contributed by atoms with Crippen molar-refractivity contribution in [3.05, 3.63) is 47.8 Å². The first-order valence-electron chi connectivity index (χ1n) is 9.35. The Kier molecular flexibility index (Phi) is 5.68. The fraction of sp³-hybridized carbons (Fsp3) is 0.500. The Morgan fingerprint density at radius 2 is 1.92 bits per heavy atom. The Hall–Kier alpha value is -1.85. The summed E-state index contributed by atoms with van der Waals surface area (Å²) in [5, 5.41) is 7.98. The molecule has 2 fully saturated rings. The number of aromatic nitrogens is 2. The molecule has 26 heavy (non-hydrogen) atoms. The Morgan fingerprint density at radius 1 is 1.19 bits per heavy atom. The first-order chi connectivity index (χ1) is 12.2. The number of piperidine rings is 1. The number of halogens is 1. The molecule has 2 aromatic rings. The standard InChI is InChI=1S/C20H26N4O.ClH/c1-2-18-17(14-22-24(18)16-6-4-3-5-7-16)19(25)23-12-9-20(10-13-23)8-11-21-15-20;/h3-7,14,21H,2,8-13,15H2,1H3;1H. The van der Waals surface area contributed by atoms with Gasteiger partial charge in [0.1, 0.15) is 0 Å². The molecule has 3 heterocycles. The number of para-hydroxylation sites is 1. The van der Waals surface area contributed by atoms with Gasteiger partial charge in [0.05, 0.1) is 23.1 Å². The van der Waals surface area contributed by atoms with Crippen LogP contribution in [-0.4, -0.2) is 46.8 Å². The van der Waals surface area contributed by atoms with E-state index in [2.05, 4.69) is 17.3 Å². The molecule has 1 aromatic carbocycles. The third kappa shape index (κ3) is 3.38. The molecule has 1 spiro atoms. The molecule has 0 aliphatic carbocycles. The number of likely N-dealkylation sites (tertiary alicyclic amines) is 1. The summed E-state index contributed by atoms with van der Waals surface area (Å²) in [7, 11) is 0. The van der Waals surface area contributed by atoms with Crippen LogP contribution in [0.25, 0.3) is 5.69 Å². The van der Waals surface area contributed by atoms with Crippen LogP contribution in [0.3, 0.4) is 0 Å². The normalized spacial score (nSPS) is 18.7. The average Bonchev–Trinajstić information content (AvgIpc) is 3.29. The van der Waals surface area contributed by atoms with Crippen LogP contribution in [0.4, 0.5) is 0 Å². The lowest BCUT2D eigenvalue weighted by Gasteiger charge is -2.38. The Morgan fingerprint density at radius 3 is 2.54 bits per heavy atom. The van der Waals surface area contributed by atoms with Crippen molar-refractivity contribution in [3.8, 4) is 5.69 Å². The van der Waals surface area contributed by atoms with Crippen LogP contribution in [0.15, 0.2) is 36.5 Å². The number of carbonyl (C=O) groups is 1. The maximum absolute atomic E-state index is 13.1. The van der Waals surface area contributed by atoms with E-state index >= 15 is 0 Å². The molecule has 1 N–H and O–H groups in total. The number of amides is 1. The number of nitrogens with zero attached hydrogens (tertiary/aromatic N) is 3. The molecule has 2 aliphatic rings. The van der Waals surface area contributed by atoms with E-state index in [4.69, 9.17) is 0 Å². The van der Waals surface area contributed by atoms with E-state index in [1.165, 1.54) is 6.42 Å². The van der Waals surface area contributed by atoms with E-state index in [9.17, 15) is 4.79 Å². The van der Waals surface area contributed by atoms with Crippen LogP contribution in [0.5, 0.6) is 0 Å². The highest BCUT2D eigenvalue weighted by molar-refractivity contribution is 5.95. The molecule has 2 aliphatic heterocycles. The predicted molar refractivity (Wildman–Crippen MR) is 105 cm³/mol. The lowest BCUT2D eigenvalue weighted by atomic mass is 9.78. The third-order valence-electron chi connectivity index (χ3n) is 5.88. The Bertz CT molecular complexity index is 742. The zero-order valence-corrected chi connectivity index (χ0v) is 16.1. The molecule has 6 heteroatoms. The molecular weight excluding hydrogens is 348 g/mol. The summed E-state index contributed by atoms with van der Waals surface area (Å²) in [5.41, 5.74) is 3.19. The van der Waals surface area contributed by atoms with Gasteiger partial charge in [-0.05, 0) is 49.8 Å². The summed E-state index contributed by atoms with van der Waals surface area (Å²) < 4.78 is 1.90. The van der Waals surface area contributed by atoms with Crippen molar-refractivity contribution < 1.29 is 4.79 Å². The lowest BCUT2D eigenvalue weighted by molar-refractivity contribution is 0.0606. The van der Waals surface area contributed by atoms with Crippen LogP contribution in [0.2, 0.25) is 0 Å². The Balaban J connectivity index is 0.00000196. The highest BCUT2D eigenvalue weighted by atomic mass is 35.5. The number of nitrogens with one attached hydrogen (secondary N) is 1. The van der Waals surface area contributed by atoms with Crippen LogP contribution >= 0.6 is 12.4 Å². The van der Waals surface area contributed by atoms with E-state index in [0.29, 0.717) is 5.41 Å². The minimum Gasteiger partial charge on any atom is -0.338 e. The second kappa shape index (κ2) is 7.80. The number of benzene rings is 1. The van der Waals surface area contributed by atoms with Gasteiger partial charge in [0, 0.05) is 19.6 Å². The van der Waals surface area contributed by atoms with Gasteiger partial charge >= 0.3 is 0 Å². The molecule has 0 radical (unpaired) electrons. The van der Waals surface area contributed by atoms with Crippen molar-refractivity contribution in [1.29, 1.82) is 0 Å². The summed E-state index contributed by atoms with van der Waals surface area (Å²) in [6.07, 6.45) is 6.01. The van der Waals surface area contributed by atoms with E-state index in [0.717, 1.165) is 62.4 Å². The zero-order valence-electron chi connectivity index (χ0n) is 15.3. The number of hydrogen-bond donors (Lipinski definition) is 1. The molecule has 0 unspecified atom stereocenters. The van der Waals surface area contributed by atoms with E-state index in [-0.39, 0.29) is 18.3 Å². The second-order valence-electron chi connectivity index (χ2n) is 7.32. The van der Waals surface area contributed by atoms with Crippen molar-refractivity contribution >= 4 is 18.3 Å². The van der Waals surface area contributed by atoms with Crippen molar-refractivity contribution in [2.24, 2.45) is 5.41 Å². The minimum atomic E-state index is 0. The van der Waals surface area contributed by atoms with Crippen molar-refractivity contribution in [2.75, 3.05) is 26.2 Å². The fourth-order valence-electron chi connectivity index (χ4n) is 4.26. The summed E-state index contributed by atoms with van der Waals surface area (Å²) in [4.78, 5) is 15.1. The number of hydrogen-bond acceptors (Lipinski definition) is 3. The quantitative estimate of drug-likeness (QED) is 0.898. The van der Waals surface area contributed by atoms with Gasteiger partial charge in [-0.25, -0.2) is 4.68 Å². The minimum absolute atomic E-state index is 0. The van der Waals surface area contributed by atoms with Gasteiger partial charge in [-0.2, -0.15) is 5.10 Å². The van der Waals surface area contributed by atoms with Gasteiger partial charge in [-0.3, -0.25) is 4.79 Å². The molecule has 1 amide bonds. The number of rotatable bonds is 3. The van der Waals surface area contributed by atoms with Crippen LogP contribution in [0, 0.1) is 5.41 Å². The SMILES string of the molecule is CCc1c(C(=O)N2CCC3(CCNC3)CC2)cnn1-c1ccccc1.Cl. The zero-order chi connectivity index (χ0) is 17.3. The number of carbonyl (C=O) groups excluding carboxylic acids is 1. The third-order valence-corrected chi connectivity index (χ3v) is 5.88. The van der Waals surface area contributed by atoms with E-state index in [1.807, 2.05) is 39.9 Å². The molecule has 0 saturated carbocycles. The smallest absolute Gasteiger partial charge is 0.257 e. The lowest BCUT2D eigenvalue weighted by Crippen LogP contribution is -2.44. The monoisotopic (exact) mass is 374 g/mol. The second-order valence-corrected chi connectivity index (χ2v) is 7.32. The van der Waals surface area contributed by atoms with Crippen molar-refractivity contribution in [2.45, 2.75) is 32.6 Å². The van der Waals surface area contributed by atoms with Gasteiger partial charge in [-0.1, -0.05) is 25.1 Å². The summed E-state index contributed by atoms with van der Waals surface area (Å²) in [5.74, 6) is 0.139. The van der Waals surface area contributed by atoms with Gasteiger partial charge < -0.3 is 10.2 Å².